The van der Waals surface area contributed by atoms with E-state index >= 15 is 0 Å². The molecular formula is C20H21N3O4. The molecule has 3 rings (SSSR count). The van der Waals surface area contributed by atoms with Gasteiger partial charge in [-0.1, -0.05) is 30.3 Å². The number of nitrogens with one attached hydrogen (secondary N) is 2. The molecule has 0 saturated carbocycles. The predicted octanol–water partition coefficient (Wildman–Crippen LogP) is 1.58. The molecule has 1 heterocycles. The van der Waals surface area contributed by atoms with Crippen molar-refractivity contribution in [3.63, 3.8) is 0 Å². The zero-order valence-corrected chi connectivity index (χ0v) is 15.0. The van der Waals surface area contributed by atoms with Crippen molar-refractivity contribution in [2.75, 3.05) is 12.0 Å². The number of hydrazine groups is 1. The molecule has 1 saturated heterocycles. The lowest BCUT2D eigenvalue weighted by Gasteiger charge is -2.16. The summed E-state index contributed by atoms with van der Waals surface area (Å²) in [5, 5.41) is 0. The highest BCUT2D eigenvalue weighted by Crippen LogP contribution is 2.24. The minimum absolute atomic E-state index is 0.0101. The molecule has 27 heavy (non-hydrogen) atoms. The number of hydrogen-bond donors (Lipinski definition) is 2. The maximum atomic E-state index is 12.5. The number of carbonyl (C=O) groups excluding carboxylic acids is 3. The second-order valence-corrected chi connectivity index (χ2v) is 6.20. The Balaban J connectivity index is 1.52. The maximum absolute atomic E-state index is 12.5. The van der Waals surface area contributed by atoms with Crippen LogP contribution < -0.4 is 20.5 Å². The summed E-state index contributed by atoms with van der Waals surface area (Å²) in [7, 11) is 1.54. The van der Waals surface area contributed by atoms with E-state index in [0.717, 1.165) is 10.5 Å². The Morgan fingerprint density at radius 3 is 2.48 bits per heavy atom. The summed E-state index contributed by atoms with van der Waals surface area (Å²) in [6.07, 6.45) is 0.877. The number of imide groups is 1. The van der Waals surface area contributed by atoms with Crippen molar-refractivity contribution in [3.8, 4) is 5.75 Å². The fourth-order valence-electron chi connectivity index (χ4n) is 2.88. The van der Waals surface area contributed by atoms with E-state index in [-0.39, 0.29) is 24.7 Å². The standard InChI is InChI=1S/C20H21N3O4/c1-27-16-10-8-15(9-11-16)23-19(25)13-17(20(23)26)21-22-18(24)12-7-14-5-3-2-4-6-14/h2-6,8-11,17,21H,7,12-13H2,1H3,(H,22,24)/t17-/m0/s1. The van der Waals surface area contributed by atoms with Crippen LogP contribution in [0.4, 0.5) is 5.69 Å². The lowest BCUT2D eigenvalue weighted by Crippen LogP contribution is -2.48. The minimum atomic E-state index is -0.778. The van der Waals surface area contributed by atoms with Crippen molar-refractivity contribution < 1.29 is 19.1 Å². The third kappa shape index (κ3) is 4.51. The molecule has 0 aromatic heterocycles. The van der Waals surface area contributed by atoms with Crippen molar-refractivity contribution in [2.45, 2.75) is 25.3 Å². The molecule has 0 bridgehead atoms. The topological polar surface area (TPSA) is 87.7 Å². The molecule has 1 aliphatic rings. The van der Waals surface area contributed by atoms with Gasteiger partial charge in [-0.15, -0.1) is 0 Å². The molecule has 0 spiro atoms. The van der Waals surface area contributed by atoms with Crippen LogP contribution in [0.25, 0.3) is 0 Å². The molecule has 0 radical (unpaired) electrons. The van der Waals surface area contributed by atoms with Crippen LogP contribution in [0.15, 0.2) is 54.6 Å². The summed E-state index contributed by atoms with van der Waals surface area (Å²) in [6, 6.07) is 15.5. The molecule has 2 aromatic carbocycles. The highest BCUT2D eigenvalue weighted by Gasteiger charge is 2.39. The van der Waals surface area contributed by atoms with Gasteiger partial charge >= 0.3 is 0 Å². The Labute approximate surface area is 157 Å². The molecule has 2 aromatic rings. The average molecular weight is 367 g/mol. The number of nitrogens with zero attached hydrogens (tertiary/aromatic N) is 1. The largest absolute Gasteiger partial charge is 0.497 e. The van der Waals surface area contributed by atoms with E-state index in [1.54, 1.807) is 31.4 Å². The van der Waals surface area contributed by atoms with Crippen molar-refractivity contribution >= 4 is 23.4 Å². The van der Waals surface area contributed by atoms with E-state index < -0.39 is 11.9 Å². The lowest BCUT2D eigenvalue weighted by molar-refractivity contribution is -0.123. The number of hydrogen-bond acceptors (Lipinski definition) is 5. The third-order valence-corrected chi connectivity index (χ3v) is 4.35. The highest BCUT2D eigenvalue weighted by molar-refractivity contribution is 6.22. The van der Waals surface area contributed by atoms with Crippen molar-refractivity contribution in [1.82, 2.24) is 10.9 Å². The first-order valence-electron chi connectivity index (χ1n) is 8.67. The second-order valence-electron chi connectivity index (χ2n) is 6.20. The first-order chi connectivity index (χ1) is 13.1. The Morgan fingerprint density at radius 1 is 1.11 bits per heavy atom. The van der Waals surface area contributed by atoms with E-state index in [4.69, 9.17) is 4.74 Å². The highest BCUT2D eigenvalue weighted by atomic mass is 16.5. The van der Waals surface area contributed by atoms with E-state index in [0.29, 0.717) is 17.9 Å². The number of aryl methyl sites for hydroxylation is 1. The predicted molar refractivity (Wildman–Crippen MR) is 99.9 cm³/mol. The van der Waals surface area contributed by atoms with Crippen LogP contribution in [-0.2, 0) is 20.8 Å². The van der Waals surface area contributed by atoms with Crippen LogP contribution in [0.5, 0.6) is 5.75 Å². The summed E-state index contributed by atoms with van der Waals surface area (Å²) in [5.74, 6) is -0.310. The van der Waals surface area contributed by atoms with E-state index in [1.807, 2.05) is 30.3 Å². The molecule has 3 amide bonds. The Hall–Kier alpha value is -3.19. The van der Waals surface area contributed by atoms with Gasteiger partial charge in [0.05, 0.1) is 19.2 Å². The normalized spacial score (nSPS) is 16.5. The smallest absolute Gasteiger partial charge is 0.253 e. The molecule has 0 aliphatic carbocycles. The molecule has 1 aliphatic heterocycles. The first-order valence-corrected chi connectivity index (χ1v) is 8.67. The SMILES string of the molecule is COc1ccc(N2C(=O)C[C@H](NNC(=O)CCc3ccccc3)C2=O)cc1. The van der Waals surface area contributed by atoms with Crippen LogP contribution in [0.2, 0.25) is 0 Å². The number of rotatable bonds is 7. The van der Waals surface area contributed by atoms with Gasteiger partial charge in [0.1, 0.15) is 11.8 Å². The molecule has 0 unspecified atom stereocenters. The van der Waals surface area contributed by atoms with Crippen LogP contribution in [0, 0.1) is 0 Å². The summed E-state index contributed by atoms with van der Waals surface area (Å²) in [4.78, 5) is 37.9. The van der Waals surface area contributed by atoms with Gasteiger partial charge in [-0.05, 0) is 36.2 Å². The molecule has 2 N–H and O–H groups in total. The molecule has 7 nitrogen and oxygen atoms in total. The zero-order valence-electron chi connectivity index (χ0n) is 15.0. The summed E-state index contributed by atoms with van der Waals surface area (Å²) in [6.45, 7) is 0. The van der Waals surface area contributed by atoms with Gasteiger partial charge in [0, 0.05) is 6.42 Å². The second kappa shape index (κ2) is 8.46. The lowest BCUT2D eigenvalue weighted by atomic mass is 10.1. The summed E-state index contributed by atoms with van der Waals surface area (Å²) < 4.78 is 5.08. The molecule has 7 heteroatoms. The minimum Gasteiger partial charge on any atom is -0.497 e. The van der Waals surface area contributed by atoms with Gasteiger partial charge in [0.15, 0.2) is 0 Å². The number of amides is 3. The van der Waals surface area contributed by atoms with Crippen molar-refractivity contribution in [1.29, 1.82) is 0 Å². The third-order valence-electron chi connectivity index (χ3n) is 4.35. The monoisotopic (exact) mass is 367 g/mol. The van der Waals surface area contributed by atoms with Gasteiger partial charge in [0.2, 0.25) is 11.8 Å². The van der Waals surface area contributed by atoms with Crippen LogP contribution in [0.1, 0.15) is 18.4 Å². The van der Waals surface area contributed by atoms with Crippen LogP contribution in [0.3, 0.4) is 0 Å². The van der Waals surface area contributed by atoms with Crippen molar-refractivity contribution in [2.24, 2.45) is 0 Å². The quantitative estimate of drug-likeness (QED) is 0.573. The van der Waals surface area contributed by atoms with Crippen LogP contribution >= 0.6 is 0 Å². The molecule has 1 atom stereocenters. The van der Waals surface area contributed by atoms with Crippen molar-refractivity contribution in [3.05, 3.63) is 60.2 Å². The van der Waals surface area contributed by atoms with Gasteiger partial charge in [-0.2, -0.15) is 0 Å². The molecule has 140 valence electrons. The van der Waals surface area contributed by atoms with E-state index in [1.165, 1.54) is 0 Å². The maximum Gasteiger partial charge on any atom is 0.253 e. The van der Waals surface area contributed by atoms with Gasteiger partial charge in [-0.3, -0.25) is 19.8 Å². The number of benzene rings is 2. The van der Waals surface area contributed by atoms with Crippen LogP contribution in [-0.4, -0.2) is 30.9 Å². The average Bonchev–Trinajstić information content (AvgIpc) is 2.99. The van der Waals surface area contributed by atoms with E-state index in [9.17, 15) is 14.4 Å². The van der Waals surface area contributed by atoms with Gasteiger partial charge < -0.3 is 4.74 Å². The Kier molecular flexibility index (Phi) is 5.83. The Morgan fingerprint density at radius 2 is 1.81 bits per heavy atom. The molecular weight excluding hydrogens is 346 g/mol. The molecule has 1 fully saturated rings. The van der Waals surface area contributed by atoms with E-state index in [2.05, 4.69) is 10.9 Å². The number of carbonyl (C=O) groups is 3. The number of methoxy groups -OCH3 is 1. The number of anilines is 1. The summed E-state index contributed by atoms with van der Waals surface area (Å²) >= 11 is 0. The fraction of sp³-hybridized carbons (Fsp3) is 0.250. The summed E-state index contributed by atoms with van der Waals surface area (Å²) in [5.41, 5.74) is 6.75. The number of ether oxygens (including phenoxy) is 1. The van der Waals surface area contributed by atoms with Gasteiger partial charge in [0.25, 0.3) is 5.91 Å². The van der Waals surface area contributed by atoms with Gasteiger partial charge in [-0.25, -0.2) is 10.3 Å². The fourth-order valence-corrected chi connectivity index (χ4v) is 2.88. The zero-order chi connectivity index (χ0) is 19.2. The first kappa shape index (κ1) is 18.6. The Bertz CT molecular complexity index is 821.